The van der Waals surface area contributed by atoms with E-state index in [0.29, 0.717) is 9.87 Å². The van der Waals surface area contributed by atoms with Gasteiger partial charge in [0, 0.05) is 24.2 Å². The number of non-ortho nitro benzene ring substituents is 1. The predicted octanol–water partition coefficient (Wildman–Crippen LogP) is 6.25. The molecule has 4 rings (SSSR count). The van der Waals surface area contributed by atoms with E-state index in [1.807, 2.05) is 0 Å². The monoisotopic (exact) mass is 633 g/mol. The smallest absolute Gasteiger partial charge is 0.289 e. The normalized spacial score (nSPS) is 11.3. The summed E-state index contributed by atoms with van der Waals surface area (Å²) >= 11 is 5.80. The number of benzene rings is 3. The molecule has 0 radical (unpaired) electrons. The van der Waals surface area contributed by atoms with Crippen molar-refractivity contribution in [3.05, 3.63) is 110 Å². The number of aromatic nitrogens is 2. The summed E-state index contributed by atoms with van der Waals surface area (Å²) in [4.78, 5) is 28.0. The van der Waals surface area contributed by atoms with Gasteiger partial charge in [-0.2, -0.15) is 0 Å². The van der Waals surface area contributed by atoms with Crippen LogP contribution in [0.15, 0.2) is 71.8 Å². The van der Waals surface area contributed by atoms with Crippen LogP contribution in [0.25, 0.3) is 11.3 Å². The Labute approximate surface area is 248 Å². The average molecular weight is 634 g/mol. The number of sulfonamides is 1. The van der Waals surface area contributed by atoms with Gasteiger partial charge in [-0.05, 0) is 67.3 Å². The van der Waals surface area contributed by atoms with Crippen LogP contribution in [0.5, 0.6) is 5.75 Å². The van der Waals surface area contributed by atoms with Gasteiger partial charge in [-0.25, -0.2) is 27.2 Å². The van der Waals surface area contributed by atoms with Gasteiger partial charge in [-0.15, -0.1) is 0 Å². The van der Waals surface area contributed by atoms with Crippen LogP contribution >= 0.6 is 11.6 Å². The SMILES string of the molecule is Cc1cc(OCCCCN(c2cc(-c3nc(Cl)ncc3F)ccc2F)S(=O)(=O)c2ccccc2[N+](=O)[O-])cc([N+](=O)[O-])c1. The molecule has 0 aliphatic rings. The molecule has 0 saturated carbocycles. The van der Waals surface area contributed by atoms with Crippen molar-refractivity contribution in [1.82, 2.24) is 9.97 Å². The first-order valence-electron chi connectivity index (χ1n) is 12.5. The lowest BCUT2D eigenvalue weighted by molar-refractivity contribution is -0.387. The number of rotatable bonds is 12. The Morgan fingerprint density at radius 1 is 0.977 bits per heavy atom. The first-order chi connectivity index (χ1) is 20.4. The predicted molar refractivity (Wildman–Crippen MR) is 153 cm³/mol. The van der Waals surface area contributed by atoms with E-state index >= 15 is 4.39 Å². The van der Waals surface area contributed by atoms with Crippen LogP contribution < -0.4 is 9.04 Å². The molecule has 224 valence electrons. The molecule has 0 spiro atoms. The Balaban J connectivity index is 1.67. The maximum absolute atomic E-state index is 15.3. The van der Waals surface area contributed by atoms with Gasteiger partial charge in [0.05, 0.1) is 34.4 Å². The quantitative estimate of drug-likeness (QED) is 0.0760. The highest BCUT2D eigenvalue weighted by molar-refractivity contribution is 7.93. The number of aryl methyl sites for hydroxylation is 1. The second kappa shape index (κ2) is 13.0. The van der Waals surface area contributed by atoms with E-state index in [-0.39, 0.29) is 54.0 Å². The van der Waals surface area contributed by atoms with Crippen LogP contribution in [0, 0.1) is 38.8 Å². The van der Waals surface area contributed by atoms with Crippen LogP contribution in [0.1, 0.15) is 18.4 Å². The molecule has 4 aromatic rings. The van der Waals surface area contributed by atoms with Crippen molar-refractivity contribution in [2.24, 2.45) is 0 Å². The number of nitro groups is 2. The zero-order chi connectivity index (χ0) is 31.3. The molecule has 0 N–H and O–H groups in total. The number of hydrogen-bond acceptors (Lipinski definition) is 9. The second-order valence-electron chi connectivity index (χ2n) is 9.12. The molecule has 0 unspecified atom stereocenters. The van der Waals surface area contributed by atoms with E-state index in [2.05, 4.69) is 9.97 Å². The number of halogens is 3. The van der Waals surface area contributed by atoms with Crippen molar-refractivity contribution >= 4 is 38.7 Å². The molecular formula is C27H22ClF2N5O7S. The fraction of sp³-hybridized carbons (Fsp3) is 0.185. The highest BCUT2D eigenvalue weighted by Crippen LogP contribution is 2.34. The molecule has 16 heteroatoms. The number of para-hydroxylation sites is 1. The summed E-state index contributed by atoms with van der Waals surface area (Å²) in [5.74, 6) is -1.67. The standard InChI is InChI=1S/C27H22ClF2N5O7S/c1-17-12-19(34(36)37)15-20(13-17)42-11-5-4-10-33(43(40,41)25-7-3-2-6-23(25)35(38)39)24-14-18(8-9-21(24)29)26-22(30)16-31-27(28)32-26/h2-3,6-9,12-16H,4-5,10-11H2,1H3. The summed E-state index contributed by atoms with van der Waals surface area (Å²) in [6.07, 6.45) is 1.09. The van der Waals surface area contributed by atoms with E-state index in [9.17, 15) is 33.0 Å². The second-order valence-corrected chi connectivity index (χ2v) is 11.3. The van der Waals surface area contributed by atoms with Crippen molar-refractivity contribution < 1.29 is 31.8 Å². The minimum atomic E-state index is -4.75. The van der Waals surface area contributed by atoms with Gasteiger partial charge in [0.1, 0.15) is 17.3 Å². The molecule has 12 nitrogen and oxygen atoms in total. The third-order valence-corrected chi connectivity index (χ3v) is 8.15. The van der Waals surface area contributed by atoms with Crippen LogP contribution in [0.4, 0.5) is 25.8 Å². The molecule has 0 aliphatic carbocycles. The largest absolute Gasteiger partial charge is 0.493 e. The number of nitro benzene ring substituents is 2. The third-order valence-electron chi connectivity index (χ3n) is 6.10. The molecule has 0 atom stereocenters. The highest BCUT2D eigenvalue weighted by atomic mass is 35.5. The Morgan fingerprint density at radius 2 is 1.72 bits per heavy atom. The minimum absolute atomic E-state index is 0.0210. The van der Waals surface area contributed by atoms with Crippen molar-refractivity contribution in [2.75, 3.05) is 17.5 Å². The van der Waals surface area contributed by atoms with Gasteiger partial charge in [0.15, 0.2) is 10.7 Å². The third kappa shape index (κ3) is 7.18. The van der Waals surface area contributed by atoms with Crippen LogP contribution in [-0.2, 0) is 10.0 Å². The van der Waals surface area contributed by atoms with Crippen LogP contribution in [-0.4, -0.2) is 41.4 Å². The van der Waals surface area contributed by atoms with Gasteiger partial charge in [-0.3, -0.25) is 24.5 Å². The zero-order valence-corrected chi connectivity index (χ0v) is 23.9. The van der Waals surface area contributed by atoms with Crippen molar-refractivity contribution in [3.63, 3.8) is 0 Å². The molecule has 0 amide bonds. The molecule has 43 heavy (non-hydrogen) atoms. The van der Waals surface area contributed by atoms with Gasteiger partial charge in [0.2, 0.25) is 5.28 Å². The molecule has 0 saturated heterocycles. The number of unbranched alkanes of at least 4 members (excludes halogenated alkanes) is 1. The van der Waals surface area contributed by atoms with E-state index in [4.69, 9.17) is 16.3 Å². The summed E-state index contributed by atoms with van der Waals surface area (Å²) < 4.78 is 63.8. The molecule has 3 aromatic carbocycles. The summed E-state index contributed by atoms with van der Waals surface area (Å²) in [5, 5.41) is 22.5. The lowest BCUT2D eigenvalue weighted by Gasteiger charge is -2.25. The highest BCUT2D eigenvalue weighted by Gasteiger charge is 2.33. The Hall–Kier alpha value is -4.76. The Kier molecular flexibility index (Phi) is 9.46. The number of anilines is 1. The topological polar surface area (TPSA) is 159 Å². The first-order valence-corrected chi connectivity index (χ1v) is 14.3. The maximum Gasteiger partial charge on any atom is 0.289 e. The summed E-state index contributed by atoms with van der Waals surface area (Å²) in [6, 6.07) is 12.0. The minimum Gasteiger partial charge on any atom is -0.493 e. The summed E-state index contributed by atoms with van der Waals surface area (Å²) in [5.41, 5.74) is -1.13. The Bertz CT molecular complexity index is 1810. The molecule has 0 aliphatic heterocycles. The molecule has 0 fully saturated rings. The summed E-state index contributed by atoms with van der Waals surface area (Å²) in [6.45, 7) is 1.32. The van der Waals surface area contributed by atoms with Gasteiger partial charge in [-0.1, -0.05) is 12.1 Å². The Morgan fingerprint density at radius 3 is 2.44 bits per heavy atom. The number of hydrogen-bond donors (Lipinski definition) is 0. The van der Waals surface area contributed by atoms with Crippen molar-refractivity contribution in [1.29, 1.82) is 0 Å². The number of ether oxygens (including phenoxy) is 1. The van der Waals surface area contributed by atoms with E-state index < -0.39 is 47.8 Å². The molecule has 0 bridgehead atoms. The average Bonchev–Trinajstić information content (AvgIpc) is 2.96. The van der Waals surface area contributed by atoms with Crippen molar-refractivity contribution in [3.8, 4) is 17.0 Å². The first kappa shape index (κ1) is 31.2. The van der Waals surface area contributed by atoms with E-state index in [0.717, 1.165) is 30.5 Å². The zero-order valence-electron chi connectivity index (χ0n) is 22.3. The fourth-order valence-corrected chi connectivity index (χ4v) is 5.98. The van der Waals surface area contributed by atoms with Crippen molar-refractivity contribution in [2.45, 2.75) is 24.7 Å². The number of nitrogens with zero attached hydrogens (tertiary/aromatic N) is 5. The van der Waals surface area contributed by atoms with E-state index in [1.54, 1.807) is 13.0 Å². The van der Waals surface area contributed by atoms with Gasteiger partial charge >= 0.3 is 0 Å². The van der Waals surface area contributed by atoms with Crippen LogP contribution in [0.3, 0.4) is 0 Å². The molecule has 1 heterocycles. The van der Waals surface area contributed by atoms with E-state index in [1.165, 1.54) is 30.3 Å². The van der Waals surface area contributed by atoms with Crippen LogP contribution in [0.2, 0.25) is 5.28 Å². The lowest BCUT2D eigenvalue weighted by Crippen LogP contribution is -2.33. The molecular weight excluding hydrogens is 612 g/mol. The lowest BCUT2D eigenvalue weighted by atomic mass is 10.1. The fourth-order valence-electron chi connectivity index (χ4n) is 4.18. The summed E-state index contributed by atoms with van der Waals surface area (Å²) in [7, 11) is -4.75. The van der Waals surface area contributed by atoms with Gasteiger partial charge in [0.25, 0.3) is 21.4 Å². The molecule has 1 aromatic heterocycles. The van der Waals surface area contributed by atoms with Gasteiger partial charge < -0.3 is 4.74 Å². The maximum atomic E-state index is 15.3.